The normalized spacial score (nSPS) is 9.79. The van der Waals surface area contributed by atoms with Crippen LogP contribution in [0.1, 0.15) is 28.4 Å². The Hall–Kier alpha value is -2.40. The van der Waals surface area contributed by atoms with E-state index in [2.05, 4.69) is 5.32 Å². The van der Waals surface area contributed by atoms with Gasteiger partial charge in [-0.15, -0.1) is 12.4 Å². The molecule has 0 fully saturated rings. The van der Waals surface area contributed by atoms with E-state index in [1.54, 1.807) is 19.2 Å². The molecule has 5 nitrogen and oxygen atoms in total. The monoisotopic (exact) mass is 350 g/mol. The molecule has 2 aromatic rings. The fraction of sp³-hybridized carbons (Fsp3) is 0.278. The van der Waals surface area contributed by atoms with Crippen LogP contribution in [0.25, 0.3) is 0 Å². The van der Waals surface area contributed by atoms with E-state index in [9.17, 15) is 4.79 Å². The molecule has 3 N–H and O–H groups in total. The van der Waals surface area contributed by atoms with Crippen molar-refractivity contribution >= 4 is 24.0 Å². The van der Waals surface area contributed by atoms with E-state index < -0.39 is 0 Å². The van der Waals surface area contributed by atoms with Gasteiger partial charge in [0.2, 0.25) is 0 Å². The fourth-order valence-corrected chi connectivity index (χ4v) is 2.26. The van der Waals surface area contributed by atoms with Crippen molar-refractivity contribution in [2.45, 2.75) is 20.4 Å². The summed E-state index contributed by atoms with van der Waals surface area (Å²) >= 11 is 0. The molecule has 1 amide bonds. The van der Waals surface area contributed by atoms with E-state index in [4.69, 9.17) is 15.2 Å². The molecule has 0 atom stereocenters. The number of nitrogens with one attached hydrogen (secondary N) is 1. The van der Waals surface area contributed by atoms with Crippen LogP contribution in [0.4, 0.5) is 5.69 Å². The Bertz CT molecular complexity index is 705. The van der Waals surface area contributed by atoms with E-state index >= 15 is 0 Å². The first-order chi connectivity index (χ1) is 11.0. The number of hydrogen-bond acceptors (Lipinski definition) is 4. The largest absolute Gasteiger partial charge is 0.493 e. The molecule has 6 heteroatoms. The van der Waals surface area contributed by atoms with Crippen LogP contribution in [0.15, 0.2) is 36.4 Å². The Balaban J connectivity index is 0.00000288. The Morgan fingerprint density at radius 1 is 1.17 bits per heavy atom. The van der Waals surface area contributed by atoms with E-state index in [0.717, 1.165) is 11.1 Å². The van der Waals surface area contributed by atoms with Crippen molar-refractivity contribution in [3.8, 4) is 11.5 Å². The van der Waals surface area contributed by atoms with Crippen LogP contribution in [-0.2, 0) is 6.54 Å². The molecule has 0 radical (unpaired) electrons. The summed E-state index contributed by atoms with van der Waals surface area (Å²) in [5, 5.41) is 2.90. The van der Waals surface area contributed by atoms with Crippen LogP contribution in [-0.4, -0.2) is 19.6 Å². The number of hydrogen-bond donors (Lipinski definition) is 2. The molecular formula is C18H23ClN2O3. The van der Waals surface area contributed by atoms with Gasteiger partial charge in [0.25, 0.3) is 5.91 Å². The second-order valence-electron chi connectivity index (χ2n) is 5.18. The van der Waals surface area contributed by atoms with Gasteiger partial charge in [0, 0.05) is 17.8 Å². The summed E-state index contributed by atoms with van der Waals surface area (Å²) in [7, 11) is 1.60. The Morgan fingerprint density at radius 2 is 1.92 bits per heavy atom. The Labute approximate surface area is 148 Å². The SMILES string of the molecule is CCOc1cc(CNC(=O)c2cc(N)ccc2C)ccc1OC.Cl. The quantitative estimate of drug-likeness (QED) is 0.784. The number of halogens is 1. The molecule has 0 bridgehead atoms. The predicted octanol–water partition coefficient (Wildman–Crippen LogP) is 3.34. The van der Waals surface area contributed by atoms with Gasteiger partial charge in [-0.3, -0.25) is 4.79 Å². The molecule has 2 aromatic carbocycles. The van der Waals surface area contributed by atoms with Crippen LogP contribution in [0.5, 0.6) is 11.5 Å². The predicted molar refractivity (Wildman–Crippen MR) is 98.2 cm³/mol. The zero-order valence-corrected chi connectivity index (χ0v) is 14.9. The first-order valence-corrected chi connectivity index (χ1v) is 7.49. The highest BCUT2D eigenvalue weighted by molar-refractivity contribution is 5.96. The average Bonchev–Trinajstić information content (AvgIpc) is 2.55. The number of anilines is 1. The van der Waals surface area contributed by atoms with Crippen molar-refractivity contribution in [2.75, 3.05) is 19.5 Å². The minimum atomic E-state index is -0.149. The standard InChI is InChI=1S/C18H22N2O3.ClH/c1-4-23-17-9-13(6-8-16(17)22-3)11-20-18(21)15-10-14(19)7-5-12(15)2;/h5-10H,4,11,19H2,1-3H3,(H,20,21);1H. The highest BCUT2D eigenvalue weighted by atomic mass is 35.5. The third kappa shape index (κ3) is 4.80. The summed E-state index contributed by atoms with van der Waals surface area (Å²) in [4.78, 5) is 12.3. The van der Waals surface area contributed by atoms with Gasteiger partial charge >= 0.3 is 0 Å². The maximum atomic E-state index is 12.3. The zero-order valence-electron chi connectivity index (χ0n) is 14.1. The van der Waals surface area contributed by atoms with E-state index in [-0.39, 0.29) is 18.3 Å². The number of methoxy groups -OCH3 is 1. The third-order valence-electron chi connectivity index (χ3n) is 3.49. The zero-order chi connectivity index (χ0) is 16.8. The molecule has 24 heavy (non-hydrogen) atoms. The van der Waals surface area contributed by atoms with Crippen molar-refractivity contribution in [3.05, 3.63) is 53.1 Å². The van der Waals surface area contributed by atoms with Crippen molar-refractivity contribution in [2.24, 2.45) is 0 Å². The van der Waals surface area contributed by atoms with Crippen LogP contribution in [0.2, 0.25) is 0 Å². The summed E-state index contributed by atoms with van der Waals surface area (Å²) in [5.41, 5.74) is 8.73. The number of carbonyl (C=O) groups excluding carboxylic acids is 1. The lowest BCUT2D eigenvalue weighted by atomic mass is 10.1. The summed E-state index contributed by atoms with van der Waals surface area (Å²) < 4.78 is 10.8. The molecular weight excluding hydrogens is 328 g/mol. The van der Waals surface area contributed by atoms with Gasteiger partial charge in [-0.05, 0) is 49.2 Å². The minimum absolute atomic E-state index is 0. The van der Waals surface area contributed by atoms with E-state index in [1.165, 1.54) is 0 Å². The van der Waals surface area contributed by atoms with Gasteiger partial charge in [0.15, 0.2) is 11.5 Å². The number of benzene rings is 2. The molecule has 0 saturated carbocycles. The first-order valence-electron chi connectivity index (χ1n) is 7.49. The van der Waals surface area contributed by atoms with Crippen molar-refractivity contribution in [3.63, 3.8) is 0 Å². The summed E-state index contributed by atoms with van der Waals surface area (Å²) in [5.74, 6) is 1.19. The minimum Gasteiger partial charge on any atom is -0.493 e. The van der Waals surface area contributed by atoms with Gasteiger partial charge in [-0.2, -0.15) is 0 Å². The second-order valence-corrected chi connectivity index (χ2v) is 5.18. The lowest BCUT2D eigenvalue weighted by Crippen LogP contribution is -2.23. The van der Waals surface area contributed by atoms with E-state index in [1.807, 2.05) is 38.1 Å². The van der Waals surface area contributed by atoms with Crippen LogP contribution in [0.3, 0.4) is 0 Å². The fourth-order valence-electron chi connectivity index (χ4n) is 2.26. The summed E-state index contributed by atoms with van der Waals surface area (Å²) in [6.07, 6.45) is 0. The number of nitrogens with two attached hydrogens (primary N) is 1. The van der Waals surface area contributed by atoms with Crippen molar-refractivity contribution in [1.29, 1.82) is 0 Å². The Morgan fingerprint density at radius 3 is 2.58 bits per heavy atom. The molecule has 0 saturated heterocycles. The van der Waals surface area contributed by atoms with Crippen LogP contribution < -0.4 is 20.5 Å². The number of rotatable bonds is 6. The van der Waals surface area contributed by atoms with Crippen LogP contribution >= 0.6 is 12.4 Å². The highest BCUT2D eigenvalue weighted by Crippen LogP contribution is 2.28. The topological polar surface area (TPSA) is 73.6 Å². The molecule has 0 aromatic heterocycles. The van der Waals surface area contributed by atoms with Gasteiger partial charge < -0.3 is 20.5 Å². The molecule has 0 heterocycles. The Kier molecular flexibility index (Phi) is 7.39. The van der Waals surface area contributed by atoms with Gasteiger partial charge in [-0.25, -0.2) is 0 Å². The number of nitrogen functional groups attached to an aromatic ring is 1. The number of ether oxygens (including phenoxy) is 2. The van der Waals surface area contributed by atoms with Crippen molar-refractivity contribution < 1.29 is 14.3 Å². The molecule has 0 unspecified atom stereocenters. The molecule has 0 aliphatic rings. The number of amides is 1. The van der Waals surface area contributed by atoms with Crippen LogP contribution in [0, 0.1) is 6.92 Å². The van der Waals surface area contributed by atoms with Gasteiger partial charge in [-0.1, -0.05) is 12.1 Å². The first kappa shape index (κ1) is 19.6. The lowest BCUT2D eigenvalue weighted by Gasteiger charge is -2.12. The number of carbonyl (C=O) groups is 1. The van der Waals surface area contributed by atoms with Gasteiger partial charge in [0.05, 0.1) is 13.7 Å². The summed E-state index contributed by atoms with van der Waals surface area (Å²) in [6, 6.07) is 10.9. The molecule has 0 spiro atoms. The molecule has 0 aliphatic heterocycles. The lowest BCUT2D eigenvalue weighted by molar-refractivity contribution is 0.0950. The van der Waals surface area contributed by atoms with E-state index in [0.29, 0.717) is 35.9 Å². The maximum absolute atomic E-state index is 12.3. The second kappa shape index (κ2) is 9.03. The highest BCUT2D eigenvalue weighted by Gasteiger charge is 2.10. The average molecular weight is 351 g/mol. The van der Waals surface area contributed by atoms with Gasteiger partial charge in [0.1, 0.15) is 0 Å². The molecule has 2 rings (SSSR count). The summed E-state index contributed by atoms with van der Waals surface area (Å²) in [6.45, 7) is 4.75. The molecule has 130 valence electrons. The number of aryl methyl sites for hydroxylation is 1. The smallest absolute Gasteiger partial charge is 0.251 e. The van der Waals surface area contributed by atoms with Crippen molar-refractivity contribution in [1.82, 2.24) is 5.32 Å². The maximum Gasteiger partial charge on any atom is 0.251 e. The molecule has 0 aliphatic carbocycles. The third-order valence-corrected chi connectivity index (χ3v) is 3.49.